The van der Waals surface area contributed by atoms with Crippen molar-refractivity contribution in [1.82, 2.24) is 0 Å². The van der Waals surface area contributed by atoms with E-state index < -0.39 is 0 Å². The van der Waals surface area contributed by atoms with E-state index in [-0.39, 0.29) is 11.6 Å². The predicted octanol–water partition coefficient (Wildman–Crippen LogP) is 3.74. The number of allylic oxidation sites excluding steroid dienone is 1. The third kappa shape index (κ3) is 3.48. The van der Waals surface area contributed by atoms with Crippen molar-refractivity contribution in [3.8, 4) is 11.5 Å². The van der Waals surface area contributed by atoms with Gasteiger partial charge in [-0.05, 0) is 30.4 Å². The Hall–Kier alpha value is -2.62. The molecular weight excluding hydrogens is 271 g/mol. The summed E-state index contributed by atoms with van der Waals surface area (Å²) in [6, 6.07) is 11.2. The summed E-state index contributed by atoms with van der Waals surface area (Å²) in [6.45, 7) is 0. The fourth-order valence-electron chi connectivity index (χ4n) is 1.87. The maximum Gasteiger partial charge on any atom is 0.189 e. The number of ketones is 1. The van der Waals surface area contributed by atoms with Crippen molar-refractivity contribution >= 4 is 11.9 Å². The van der Waals surface area contributed by atoms with Crippen LogP contribution in [0, 0.1) is 5.82 Å². The fraction of sp³-hybridized carbons (Fsp3) is 0.118. The minimum Gasteiger partial charge on any atom is -0.497 e. The molecule has 4 heteroatoms. The van der Waals surface area contributed by atoms with Crippen LogP contribution in [0.2, 0.25) is 0 Å². The predicted molar refractivity (Wildman–Crippen MR) is 79.3 cm³/mol. The number of methoxy groups -OCH3 is 2. The minimum atomic E-state index is -0.372. The van der Waals surface area contributed by atoms with Gasteiger partial charge >= 0.3 is 0 Å². The van der Waals surface area contributed by atoms with E-state index in [0.717, 1.165) is 0 Å². The van der Waals surface area contributed by atoms with Gasteiger partial charge in [0.05, 0.1) is 19.8 Å². The minimum absolute atomic E-state index is 0.266. The van der Waals surface area contributed by atoms with Gasteiger partial charge in [-0.3, -0.25) is 4.79 Å². The molecule has 2 aromatic rings. The quantitative estimate of drug-likeness (QED) is 0.620. The molecule has 2 aromatic carbocycles. The molecule has 0 radical (unpaired) electrons. The Balaban J connectivity index is 2.26. The molecule has 0 amide bonds. The van der Waals surface area contributed by atoms with E-state index >= 15 is 0 Å². The third-order valence-electron chi connectivity index (χ3n) is 2.99. The Bertz CT molecular complexity index is 677. The van der Waals surface area contributed by atoms with Crippen LogP contribution < -0.4 is 9.47 Å². The second kappa shape index (κ2) is 6.70. The molecule has 108 valence electrons. The highest BCUT2D eigenvalue weighted by Crippen LogP contribution is 2.25. The Kier molecular flexibility index (Phi) is 4.72. The number of carbonyl (C=O) groups excluding carboxylic acids is 1. The van der Waals surface area contributed by atoms with E-state index in [1.165, 1.54) is 32.4 Å². The fourth-order valence-corrected chi connectivity index (χ4v) is 1.87. The second-order valence-electron chi connectivity index (χ2n) is 4.29. The molecule has 0 aliphatic heterocycles. The van der Waals surface area contributed by atoms with Crippen molar-refractivity contribution in [3.05, 3.63) is 65.5 Å². The van der Waals surface area contributed by atoms with Gasteiger partial charge in [0.25, 0.3) is 0 Å². The van der Waals surface area contributed by atoms with Crippen molar-refractivity contribution in [2.24, 2.45) is 0 Å². The van der Waals surface area contributed by atoms with Crippen LogP contribution in [0.1, 0.15) is 15.9 Å². The Morgan fingerprint density at radius 3 is 2.52 bits per heavy atom. The van der Waals surface area contributed by atoms with E-state index in [9.17, 15) is 9.18 Å². The van der Waals surface area contributed by atoms with Crippen LogP contribution in [-0.4, -0.2) is 20.0 Å². The lowest BCUT2D eigenvalue weighted by atomic mass is 10.1. The Morgan fingerprint density at radius 2 is 1.86 bits per heavy atom. The number of hydrogen-bond donors (Lipinski definition) is 0. The smallest absolute Gasteiger partial charge is 0.189 e. The zero-order valence-electron chi connectivity index (χ0n) is 11.8. The first kappa shape index (κ1) is 14.8. The first-order valence-electron chi connectivity index (χ1n) is 6.34. The summed E-state index contributed by atoms with van der Waals surface area (Å²) in [5.74, 6) is 0.375. The third-order valence-corrected chi connectivity index (χ3v) is 2.99. The first-order valence-corrected chi connectivity index (χ1v) is 6.34. The molecule has 3 nitrogen and oxygen atoms in total. The molecule has 0 spiro atoms. The van der Waals surface area contributed by atoms with Crippen LogP contribution in [0.25, 0.3) is 6.08 Å². The van der Waals surface area contributed by atoms with Gasteiger partial charge in [0, 0.05) is 11.6 Å². The zero-order chi connectivity index (χ0) is 15.2. The highest BCUT2D eigenvalue weighted by atomic mass is 19.1. The lowest BCUT2D eigenvalue weighted by molar-refractivity contribution is 0.104. The number of carbonyl (C=O) groups is 1. The van der Waals surface area contributed by atoms with E-state index in [1.54, 1.807) is 36.4 Å². The Morgan fingerprint density at radius 1 is 1.10 bits per heavy atom. The van der Waals surface area contributed by atoms with Crippen molar-refractivity contribution in [2.45, 2.75) is 0 Å². The van der Waals surface area contributed by atoms with Crippen LogP contribution in [0.4, 0.5) is 4.39 Å². The molecule has 0 aromatic heterocycles. The summed E-state index contributed by atoms with van der Waals surface area (Å²) in [6.07, 6.45) is 2.77. The largest absolute Gasteiger partial charge is 0.497 e. The maximum absolute atomic E-state index is 13.5. The highest BCUT2D eigenvalue weighted by Gasteiger charge is 2.11. The normalized spacial score (nSPS) is 10.6. The second-order valence-corrected chi connectivity index (χ2v) is 4.29. The summed E-state index contributed by atoms with van der Waals surface area (Å²) in [4.78, 5) is 12.2. The molecule has 0 heterocycles. The van der Waals surface area contributed by atoms with Gasteiger partial charge in [0.15, 0.2) is 5.78 Å². The summed E-state index contributed by atoms with van der Waals surface area (Å²) >= 11 is 0. The molecule has 21 heavy (non-hydrogen) atoms. The molecule has 0 unspecified atom stereocenters. The van der Waals surface area contributed by atoms with Gasteiger partial charge in [0.1, 0.15) is 17.3 Å². The van der Waals surface area contributed by atoms with E-state index in [0.29, 0.717) is 22.6 Å². The summed E-state index contributed by atoms with van der Waals surface area (Å²) in [7, 11) is 3.01. The Labute approximate surface area is 122 Å². The standard InChI is InChI=1S/C17H15FO3/c1-20-13-8-9-14(17(11-13)21-2)16(19)10-7-12-5-3-4-6-15(12)18/h3-11H,1-2H3/b10-7+. The van der Waals surface area contributed by atoms with Crippen LogP contribution in [-0.2, 0) is 0 Å². The molecule has 0 fully saturated rings. The lowest BCUT2D eigenvalue weighted by Crippen LogP contribution is -1.99. The monoisotopic (exact) mass is 286 g/mol. The summed E-state index contributed by atoms with van der Waals surface area (Å²) < 4.78 is 23.7. The van der Waals surface area contributed by atoms with Crippen molar-refractivity contribution in [2.75, 3.05) is 14.2 Å². The molecule has 0 saturated heterocycles. The number of benzene rings is 2. The van der Waals surface area contributed by atoms with E-state index in [1.807, 2.05) is 0 Å². The van der Waals surface area contributed by atoms with Crippen LogP contribution >= 0.6 is 0 Å². The molecule has 0 atom stereocenters. The van der Waals surface area contributed by atoms with Gasteiger partial charge in [0.2, 0.25) is 0 Å². The van der Waals surface area contributed by atoms with Crippen LogP contribution in [0.5, 0.6) is 11.5 Å². The van der Waals surface area contributed by atoms with Gasteiger partial charge in [-0.25, -0.2) is 4.39 Å². The van der Waals surface area contributed by atoms with Crippen LogP contribution in [0.3, 0.4) is 0 Å². The van der Waals surface area contributed by atoms with E-state index in [4.69, 9.17) is 9.47 Å². The molecule has 2 rings (SSSR count). The maximum atomic E-state index is 13.5. The SMILES string of the molecule is COc1ccc(C(=O)/C=C/c2ccccc2F)c(OC)c1. The van der Waals surface area contributed by atoms with Crippen LogP contribution in [0.15, 0.2) is 48.5 Å². The van der Waals surface area contributed by atoms with E-state index in [2.05, 4.69) is 0 Å². The summed E-state index contributed by atoms with van der Waals surface area (Å²) in [5.41, 5.74) is 0.754. The molecular formula is C17H15FO3. The summed E-state index contributed by atoms with van der Waals surface area (Å²) in [5, 5.41) is 0. The topological polar surface area (TPSA) is 35.5 Å². The number of halogens is 1. The van der Waals surface area contributed by atoms with Crippen molar-refractivity contribution in [1.29, 1.82) is 0 Å². The molecule has 0 N–H and O–H groups in total. The number of ether oxygens (including phenoxy) is 2. The molecule has 0 saturated carbocycles. The van der Waals surface area contributed by atoms with Crippen molar-refractivity contribution < 1.29 is 18.7 Å². The molecule has 0 aliphatic carbocycles. The lowest BCUT2D eigenvalue weighted by Gasteiger charge is -2.07. The number of hydrogen-bond acceptors (Lipinski definition) is 3. The van der Waals surface area contributed by atoms with Crippen molar-refractivity contribution in [3.63, 3.8) is 0 Å². The molecule has 0 bridgehead atoms. The van der Waals surface area contributed by atoms with Gasteiger partial charge in [-0.2, -0.15) is 0 Å². The molecule has 0 aliphatic rings. The van der Waals surface area contributed by atoms with Gasteiger partial charge in [-0.15, -0.1) is 0 Å². The highest BCUT2D eigenvalue weighted by molar-refractivity contribution is 6.08. The number of rotatable bonds is 5. The average molecular weight is 286 g/mol. The first-order chi connectivity index (χ1) is 10.2. The van der Waals surface area contributed by atoms with Gasteiger partial charge < -0.3 is 9.47 Å². The average Bonchev–Trinajstić information content (AvgIpc) is 2.53. The van der Waals surface area contributed by atoms with Gasteiger partial charge in [-0.1, -0.05) is 18.2 Å². The zero-order valence-corrected chi connectivity index (χ0v) is 11.8.